The fraction of sp³-hybridized carbons (Fsp3) is 0.538. The van der Waals surface area contributed by atoms with Crippen molar-refractivity contribution in [1.29, 1.82) is 0 Å². The van der Waals surface area contributed by atoms with Gasteiger partial charge in [0, 0.05) is 18.8 Å². The molecule has 1 aromatic heterocycles. The Labute approximate surface area is 102 Å². The molecule has 0 radical (unpaired) electrons. The van der Waals surface area contributed by atoms with Gasteiger partial charge in [0.1, 0.15) is 0 Å². The van der Waals surface area contributed by atoms with Gasteiger partial charge in [0.2, 0.25) is 5.91 Å². The van der Waals surface area contributed by atoms with Crippen molar-refractivity contribution in [2.75, 3.05) is 18.8 Å². The Bertz CT molecular complexity index is 411. The maximum atomic E-state index is 12.0. The number of nitrogens with two attached hydrogens (primary N) is 1. The third-order valence-corrected chi connectivity index (χ3v) is 3.21. The van der Waals surface area contributed by atoms with Crippen LogP contribution in [0.4, 0.5) is 5.69 Å². The van der Waals surface area contributed by atoms with Crippen LogP contribution in [0.1, 0.15) is 26.0 Å². The predicted molar refractivity (Wildman–Crippen MR) is 67.3 cm³/mol. The molecule has 2 N–H and O–H groups in total. The van der Waals surface area contributed by atoms with Gasteiger partial charge in [-0.3, -0.25) is 9.78 Å². The number of hydrogen-bond acceptors (Lipinski definition) is 3. The zero-order valence-corrected chi connectivity index (χ0v) is 10.4. The highest BCUT2D eigenvalue weighted by Gasteiger charge is 2.31. The molecule has 0 atom stereocenters. The van der Waals surface area contributed by atoms with E-state index in [1.54, 1.807) is 12.3 Å². The summed E-state index contributed by atoms with van der Waals surface area (Å²) >= 11 is 0. The smallest absolute Gasteiger partial charge is 0.228 e. The lowest BCUT2D eigenvalue weighted by molar-refractivity contribution is -0.129. The summed E-state index contributed by atoms with van der Waals surface area (Å²) in [6, 6.07) is 3.60. The summed E-state index contributed by atoms with van der Waals surface area (Å²) < 4.78 is 0. The van der Waals surface area contributed by atoms with Gasteiger partial charge in [0.25, 0.3) is 0 Å². The first-order valence-electron chi connectivity index (χ1n) is 5.94. The van der Waals surface area contributed by atoms with Crippen molar-refractivity contribution in [2.24, 2.45) is 5.41 Å². The molecule has 0 aromatic carbocycles. The van der Waals surface area contributed by atoms with Gasteiger partial charge < -0.3 is 10.6 Å². The number of amides is 1. The normalized spacial score (nSPS) is 18.4. The summed E-state index contributed by atoms with van der Waals surface area (Å²) in [5.41, 5.74) is 7.23. The summed E-state index contributed by atoms with van der Waals surface area (Å²) in [6.07, 6.45) is 3.04. The van der Waals surface area contributed by atoms with Gasteiger partial charge in [-0.05, 0) is 24.0 Å². The van der Waals surface area contributed by atoms with Crippen LogP contribution in [-0.2, 0) is 11.2 Å². The molecule has 1 aliphatic heterocycles. The van der Waals surface area contributed by atoms with Crippen LogP contribution in [0.25, 0.3) is 0 Å². The van der Waals surface area contributed by atoms with E-state index in [4.69, 9.17) is 5.73 Å². The molecule has 4 nitrogen and oxygen atoms in total. The topological polar surface area (TPSA) is 59.2 Å². The van der Waals surface area contributed by atoms with Gasteiger partial charge >= 0.3 is 0 Å². The number of nitrogens with zero attached hydrogens (tertiary/aromatic N) is 2. The second-order valence-electron chi connectivity index (χ2n) is 5.49. The third kappa shape index (κ3) is 2.96. The van der Waals surface area contributed by atoms with Gasteiger partial charge in [0.15, 0.2) is 0 Å². The lowest BCUT2D eigenvalue weighted by atomic mass is 9.93. The first-order valence-corrected chi connectivity index (χ1v) is 5.94. The number of nitrogen functional groups attached to an aromatic ring is 1. The maximum absolute atomic E-state index is 12.0. The van der Waals surface area contributed by atoms with Gasteiger partial charge in [0.05, 0.1) is 18.3 Å². The third-order valence-electron chi connectivity index (χ3n) is 3.21. The molecular weight excluding hydrogens is 214 g/mol. The highest BCUT2D eigenvalue weighted by molar-refractivity contribution is 5.78. The summed E-state index contributed by atoms with van der Waals surface area (Å²) in [5.74, 6) is 0.160. The SMILES string of the molecule is CC1(C)CCN(C(=O)Cc2ccc(N)cn2)C1. The zero-order chi connectivity index (χ0) is 12.5. The molecule has 0 saturated carbocycles. The van der Waals surface area contributed by atoms with Crippen LogP contribution in [0.15, 0.2) is 18.3 Å². The van der Waals surface area contributed by atoms with Crippen molar-refractivity contribution in [3.63, 3.8) is 0 Å². The molecular formula is C13H19N3O. The van der Waals surface area contributed by atoms with E-state index >= 15 is 0 Å². The molecule has 4 heteroatoms. The monoisotopic (exact) mass is 233 g/mol. The molecule has 92 valence electrons. The van der Waals surface area contributed by atoms with Crippen LogP contribution in [0, 0.1) is 5.41 Å². The molecule has 17 heavy (non-hydrogen) atoms. The summed E-state index contributed by atoms with van der Waals surface area (Å²) in [5, 5.41) is 0. The van der Waals surface area contributed by atoms with Crippen molar-refractivity contribution in [1.82, 2.24) is 9.88 Å². The van der Waals surface area contributed by atoms with Crippen LogP contribution in [0.5, 0.6) is 0 Å². The van der Waals surface area contributed by atoms with Crippen LogP contribution in [0.2, 0.25) is 0 Å². The molecule has 2 rings (SSSR count). The molecule has 1 aliphatic rings. The highest BCUT2D eigenvalue weighted by Crippen LogP contribution is 2.28. The first-order chi connectivity index (χ1) is 7.96. The highest BCUT2D eigenvalue weighted by atomic mass is 16.2. The average molecular weight is 233 g/mol. The Balaban J connectivity index is 1.96. The second kappa shape index (κ2) is 4.35. The van der Waals surface area contributed by atoms with E-state index in [0.717, 1.165) is 25.2 Å². The van der Waals surface area contributed by atoms with E-state index in [0.29, 0.717) is 12.1 Å². The lowest BCUT2D eigenvalue weighted by Crippen LogP contribution is -2.31. The minimum atomic E-state index is 0.160. The summed E-state index contributed by atoms with van der Waals surface area (Å²) in [4.78, 5) is 18.1. The summed E-state index contributed by atoms with van der Waals surface area (Å²) in [7, 11) is 0. The quantitative estimate of drug-likeness (QED) is 0.841. The van der Waals surface area contributed by atoms with Crippen LogP contribution in [-0.4, -0.2) is 28.9 Å². The van der Waals surface area contributed by atoms with Crippen LogP contribution >= 0.6 is 0 Å². The lowest BCUT2D eigenvalue weighted by Gasteiger charge is -2.19. The van der Waals surface area contributed by atoms with Crippen LogP contribution < -0.4 is 5.73 Å². The van der Waals surface area contributed by atoms with Crippen molar-refractivity contribution < 1.29 is 4.79 Å². The predicted octanol–water partition coefficient (Wildman–Crippen LogP) is 1.46. The summed E-state index contributed by atoms with van der Waals surface area (Å²) in [6.45, 7) is 6.10. The van der Waals surface area contributed by atoms with E-state index < -0.39 is 0 Å². The molecule has 0 bridgehead atoms. The number of likely N-dealkylation sites (tertiary alicyclic amines) is 1. The Morgan fingerprint density at radius 2 is 2.29 bits per heavy atom. The standard InChI is InChI=1S/C13H19N3O/c1-13(2)5-6-16(9-13)12(17)7-11-4-3-10(14)8-15-11/h3-4,8H,5-7,9,14H2,1-2H3. The number of rotatable bonds is 2. The van der Waals surface area contributed by atoms with Crippen LogP contribution in [0.3, 0.4) is 0 Å². The van der Waals surface area contributed by atoms with Crippen molar-refractivity contribution in [2.45, 2.75) is 26.7 Å². The fourth-order valence-electron chi connectivity index (χ4n) is 2.13. The van der Waals surface area contributed by atoms with Crippen molar-refractivity contribution in [3.05, 3.63) is 24.0 Å². The molecule has 0 unspecified atom stereocenters. The largest absolute Gasteiger partial charge is 0.397 e. The van der Waals surface area contributed by atoms with E-state index in [9.17, 15) is 4.79 Å². The Kier molecular flexibility index (Phi) is 3.05. The number of carbonyl (C=O) groups is 1. The molecule has 0 aliphatic carbocycles. The maximum Gasteiger partial charge on any atom is 0.228 e. The van der Waals surface area contributed by atoms with E-state index in [1.807, 2.05) is 11.0 Å². The molecule has 1 saturated heterocycles. The number of anilines is 1. The van der Waals surface area contributed by atoms with E-state index in [1.165, 1.54) is 0 Å². The number of aromatic nitrogens is 1. The molecule has 1 amide bonds. The van der Waals surface area contributed by atoms with Crippen molar-refractivity contribution in [3.8, 4) is 0 Å². The van der Waals surface area contributed by atoms with Gasteiger partial charge in [-0.15, -0.1) is 0 Å². The fourth-order valence-corrected chi connectivity index (χ4v) is 2.13. The number of carbonyl (C=O) groups excluding carboxylic acids is 1. The minimum Gasteiger partial charge on any atom is -0.397 e. The Hall–Kier alpha value is -1.58. The minimum absolute atomic E-state index is 0.160. The molecule has 0 spiro atoms. The zero-order valence-electron chi connectivity index (χ0n) is 10.4. The Morgan fingerprint density at radius 3 is 2.82 bits per heavy atom. The molecule has 1 fully saturated rings. The number of hydrogen-bond donors (Lipinski definition) is 1. The number of pyridine rings is 1. The van der Waals surface area contributed by atoms with E-state index in [-0.39, 0.29) is 11.3 Å². The first kappa shape index (κ1) is 11.9. The van der Waals surface area contributed by atoms with Gasteiger partial charge in [-0.2, -0.15) is 0 Å². The second-order valence-corrected chi connectivity index (χ2v) is 5.49. The van der Waals surface area contributed by atoms with Crippen molar-refractivity contribution >= 4 is 11.6 Å². The van der Waals surface area contributed by atoms with Gasteiger partial charge in [-0.25, -0.2) is 0 Å². The average Bonchev–Trinajstić information content (AvgIpc) is 2.62. The van der Waals surface area contributed by atoms with Gasteiger partial charge in [-0.1, -0.05) is 13.8 Å². The molecule has 1 aromatic rings. The molecule has 2 heterocycles. The Morgan fingerprint density at radius 1 is 1.53 bits per heavy atom. The van der Waals surface area contributed by atoms with E-state index in [2.05, 4.69) is 18.8 Å².